The quantitative estimate of drug-likeness (QED) is 0.661. The molecule has 0 atom stereocenters. The highest BCUT2D eigenvalue weighted by molar-refractivity contribution is 6.36. The van der Waals surface area contributed by atoms with E-state index < -0.39 is 0 Å². The smallest absolute Gasteiger partial charge is 0.254 e. The van der Waals surface area contributed by atoms with Gasteiger partial charge in [-0.3, -0.25) is 4.79 Å². The number of hydrogen-bond acceptors (Lipinski definition) is 2. The van der Waals surface area contributed by atoms with Gasteiger partial charge in [-0.05, 0) is 30.3 Å². The minimum absolute atomic E-state index is 0.0741. The van der Waals surface area contributed by atoms with Crippen LogP contribution in [0.5, 0.6) is 0 Å². The number of rotatable bonds is 2. The fraction of sp³-hybridized carbons (Fsp3) is 0.111. The molecule has 0 aliphatic rings. The first kappa shape index (κ1) is 15.8. The van der Waals surface area contributed by atoms with Crippen LogP contribution in [-0.4, -0.2) is 29.9 Å². The molecule has 0 spiro atoms. The van der Waals surface area contributed by atoms with Crippen molar-refractivity contribution in [3.63, 3.8) is 0 Å². The number of carbonyl (C=O) groups excluding carboxylic acids is 1. The topological polar surface area (TPSA) is 33.2 Å². The molecule has 0 radical (unpaired) electrons. The van der Waals surface area contributed by atoms with Crippen LogP contribution in [0.4, 0.5) is 0 Å². The third-order valence-corrected chi connectivity index (χ3v) is 4.11. The summed E-state index contributed by atoms with van der Waals surface area (Å²) in [4.78, 5) is 18.7. The Balaban J connectivity index is 2.28. The van der Waals surface area contributed by atoms with E-state index in [1.165, 1.54) is 0 Å². The van der Waals surface area contributed by atoms with E-state index in [1.807, 2.05) is 30.3 Å². The molecule has 3 rings (SSSR count). The highest BCUT2D eigenvalue weighted by Gasteiger charge is 2.16. The van der Waals surface area contributed by atoms with Crippen LogP contribution in [0, 0.1) is 0 Å². The second-order valence-electron chi connectivity index (χ2n) is 5.40. The van der Waals surface area contributed by atoms with Crippen LogP contribution >= 0.6 is 23.2 Å². The number of fused-ring (bicyclic) bond motifs is 1. The lowest BCUT2D eigenvalue weighted by molar-refractivity contribution is 0.0829. The van der Waals surface area contributed by atoms with Gasteiger partial charge < -0.3 is 4.90 Å². The molecule has 0 aliphatic heterocycles. The van der Waals surface area contributed by atoms with Crippen LogP contribution in [0.2, 0.25) is 10.0 Å². The maximum absolute atomic E-state index is 12.5. The fourth-order valence-electron chi connectivity index (χ4n) is 2.43. The normalized spacial score (nSPS) is 10.8. The Bertz CT molecular complexity index is 907. The number of pyridine rings is 1. The highest BCUT2D eigenvalue weighted by atomic mass is 35.5. The standard InChI is InChI=1S/C18H14Cl2N2O/c1-22(2)18(23)14-10-17(13-8-7-11(19)9-15(13)20)21-16-6-4-3-5-12(14)16/h3-10H,1-2H3. The van der Waals surface area contributed by atoms with Crippen molar-refractivity contribution >= 4 is 40.0 Å². The molecule has 0 bridgehead atoms. The Morgan fingerprint density at radius 1 is 1.04 bits per heavy atom. The molecule has 3 aromatic rings. The van der Waals surface area contributed by atoms with E-state index in [4.69, 9.17) is 23.2 Å². The zero-order valence-electron chi connectivity index (χ0n) is 12.7. The van der Waals surface area contributed by atoms with E-state index in [-0.39, 0.29) is 5.91 Å². The first-order chi connectivity index (χ1) is 11.0. The van der Waals surface area contributed by atoms with Gasteiger partial charge in [0.25, 0.3) is 5.91 Å². The molecule has 23 heavy (non-hydrogen) atoms. The molecular weight excluding hydrogens is 331 g/mol. The number of halogens is 2. The molecule has 0 saturated carbocycles. The van der Waals surface area contributed by atoms with Crippen LogP contribution in [0.3, 0.4) is 0 Å². The summed E-state index contributed by atoms with van der Waals surface area (Å²) < 4.78 is 0. The van der Waals surface area contributed by atoms with Crippen molar-refractivity contribution < 1.29 is 4.79 Å². The maximum atomic E-state index is 12.5. The van der Waals surface area contributed by atoms with Gasteiger partial charge >= 0.3 is 0 Å². The van der Waals surface area contributed by atoms with Crippen LogP contribution in [0.1, 0.15) is 10.4 Å². The van der Waals surface area contributed by atoms with Crippen molar-refractivity contribution in [1.82, 2.24) is 9.88 Å². The predicted octanol–water partition coefficient (Wildman–Crippen LogP) is 4.91. The van der Waals surface area contributed by atoms with Gasteiger partial charge in [0.15, 0.2) is 0 Å². The minimum Gasteiger partial charge on any atom is -0.345 e. The van der Waals surface area contributed by atoms with Gasteiger partial charge in [-0.1, -0.05) is 41.4 Å². The molecule has 1 heterocycles. The Morgan fingerprint density at radius 2 is 1.78 bits per heavy atom. The second kappa shape index (κ2) is 6.19. The summed E-state index contributed by atoms with van der Waals surface area (Å²) in [6, 6.07) is 14.6. The number of aromatic nitrogens is 1. The number of benzene rings is 2. The van der Waals surface area contributed by atoms with Gasteiger partial charge in [0.1, 0.15) is 0 Å². The molecule has 0 N–H and O–H groups in total. The Labute approximate surface area is 144 Å². The van der Waals surface area contributed by atoms with E-state index in [1.54, 1.807) is 37.2 Å². The third kappa shape index (κ3) is 3.03. The molecule has 0 fully saturated rings. The molecular formula is C18H14Cl2N2O. The fourth-order valence-corrected chi connectivity index (χ4v) is 2.93. The molecule has 0 unspecified atom stereocenters. The molecule has 116 valence electrons. The number of amides is 1. The van der Waals surface area contributed by atoms with E-state index in [0.717, 1.165) is 16.5 Å². The van der Waals surface area contributed by atoms with Gasteiger partial charge in [-0.15, -0.1) is 0 Å². The molecule has 1 amide bonds. The second-order valence-corrected chi connectivity index (χ2v) is 6.24. The Kier molecular flexibility index (Phi) is 4.24. The van der Waals surface area contributed by atoms with Crippen LogP contribution < -0.4 is 0 Å². The van der Waals surface area contributed by atoms with Crippen molar-refractivity contribution in [2.75, 3.05) is 14.1 Å². The maximum Gasteiger partial charge on any atom is 0.254 e. The lowest BCUT2D eigenvalue weighted by Crippen LogP contribution is -2.22. The molecule has 1 aromatic heterocycles. The molecule has 0 saturated heterocycles. The number of nitrogens with zero attached hydrogens (tertiary/aromatic N) is 2. The van der Waals surface area contributed by atoms with Crippen LogP contribution in [-0.2, 0) is 0 Å². The lowest BCUT2D eigenvalue weighted by atomic mass is 10.0. The number of hydrogen-bond donors (Lipinski definition) is 0. The summed E-state index contributed by atoms with van der Waals surface area (Å²) in [6.07, 6.45) is 0. The minimum atomic E-state index is -0.0741. The molecule has 0 aliphatic carbocycles. The van der Waals surface area contributed by atoms with Crippen molar-refractivity contribution in [2.45, 2.75) is 0 Å². The van der Waals surface area contributed by atoms with Crippen molar-refractivity contribution in [1.29, 1.82) is 0 Å². The summed E-state index contributed by atoms with van der Waals surface area (Å²) in [6.45, 7) is 0. The average Bonchev–Trinajstić information content (AvgIpc) is 2.53. The SMILES string of the molecule is CN(C)C(=O)c1cc(-c2ccc(Cl)cc2Cl)nc2ccccc12. The first-order valence-electron chi connectivity index (χ1n) is 7.04. The highest BCUT2D eigenvalue weighted by Crippen LogP contribution is 2.32. The van der Waals surface area contributed by atoms with Crippen molar-refractivity contribution in [3.05, 3.63) is 64.1 Å². The third-order valence-electron chi connectivity index (χ3n) is 3.56. The van der Waals surface area contributed by atoms with E-state index in [9.17, 15) is 4.79 Å². The zero-order valence-corrected chi connectivity index (χ0v) is 14.2. The lowest BCUT2D eigenvalue weighted by Gasteiger charge is -2.14. The molecule has 3 nitrogen and oxygen atoms in total. The van der Waals surface area contributed by atoms with Gasteiger partial charge in [-0.2, -0.15) is 0 Å². The Morgan fingerprint density at radius 3 is 2.48 bits per heavy atom. The summed E-state index contributed by atoms with van der Waals surface area (Å²) >= 11 is 12.2. The van der Waals surface area contributed by atoms with Gasteiger partial charge in [0.05, 0.1) is 21.8 Å². The van der Waals surface area contributed by atoms with Gasteiger partial charge in [0.2, 0.25) is 0 Å². The van der Waals surface area contributed by atoms with Gasteiger partial charge in [-0.25, -0.2) is 4.98 Å². The molecule has 5 heteroatoms. The van der Waals surface area contributed by atoms with Crippen LogP contribution in [0.25, 0.3) is 22.2 Å². The average molecular weight is 345 g/mol. The van der Waals surface area contributed by atoms with E-state index in [2.05, 4.69) is 4.98 Å². The number of para-hydroxylation sites is 1. The predicted molar refractivity (Wildman–Crippen MR) is 95.2 cm³/mol. The summed E-state index contributed by atoms with van der Waals surface area (Å²) in [5.41, 5.74) is 2.74. The van der Waals surface area contributed by atoms with Gasteiger partial charge in [0, 0.05) is 30.1 Å². The number of carbonyl (C=O) groups is 1. The van der Waals surface area contributed by atoms with Crippen LogP contribution in [0.15, 0.2) is 48.5 Å². The largest absolute Gasteiger partial charge is 0.345 e. The monoisotopic (exact) mass is 344 g/mol. The summed E-state index contributed by atoms with van der Waals surface area (Å²) in [5, 5.41) is 1.88. The van der Waals surface area contributed by atoms with E-state index in [0.29, 0.717) is 21.3 Å². The van der Waals surface area contributed by atoms with E-state index >= 15 is 0 Å². The first-order valence-corrected chi connectivity index (χ1v) is 7.80. The summed E-state index contributed by atoms with van der Waals surface area (Å²) in [7, 11) is 3.46. The van der Waals surface area contributed by atoms with Crippen molar-refractivity contribution in [3.8, 4) is 11.3 Å². The summed E-state index contributed by atoms with van der Waals surface area (Å²) in [5.74, 6) is -0.0741. The molecule has 2 aromatic carbocycles. The van der Waals surface area contributed by atoms with Crippen molar-refractivity contribution in [2.24, 2.45) is 0 Å². The Hall–Kier alpha value is -2.10. The zero-order chi connectivity index (χ0) is 16.6.